The number of hydrogen-bond donors (Lipinski definition) is 2. The molecule has 2 amide bonds. The van der Waals surface area contributed by atoms with E-state index in [4.69, 9.17) is 0 Å². The molecule has 0 saturated carbocycles. The van der Waals surface area contributed by atoms with E-state index >= 15 is 0 Å². The summed E-state index contributed by atoms with van der Waals surface area (Å²) >= 11 is 0. The molecular weight excluding hydrogens is 244 g/mol. The predicted octanol–water partition coefficient (Wildman–Crippen LogP) is 1.36. The third kappa shape index (κ3) is 3.60. The lowest BCUT2D eigenvalue weighted by Gasteiger charge is -2.05. The summed E-state index contributed by atoms with van der Waals surface area (Å²) in [6.45, 7) is 1.87. The maximum absolute atomic E-state index is 11.6. The van der Waals surface area contributed by atoms with Crippen LogP contribution in [0.2, 0.25) is 0 Å². The quantitative estimate of drug-likeness (QED) is 0.795. The Balaban J connectivity index is 1.98. The number of nitrogens with zero attached hydrogens (tertiary/aromatic N) is 2. The predicted molar refractivity (Wildman–Crippen MR) is 70.5 cm³/mol. The number of amides is 2. The van der Waals surface area contributed by atoms with Crippen molar-refractivity contribution < 1.29 is 9.59 Å². The fourth-order valence-electron chi connectivity index (χ4n) is 1.40. The highest BCUT2D eigenvalue weighted by atomic mass is 16.2. The first-order valence-corrected chi connectivity index (χ1v) is 5.60. The van der Waals surface area contributed by atoms with E-state index in [-0.39, 0.29) is 0 Å². The molecule has 2 N–H and O–H groups in total. The second-order valence-corrected chi connectivity index (χ2v) is 3.87. The molecule has 96 valence electrons. The molecule has 0 fully saturated rings. The van der Waals surface area contributed by atoms with Gasteiger partial charge in [-0.15, -0.1) is 0 Å². The Hall–Kier alpha value is -2.76. The van der Waals surface area contributed by atoms with Crippen molar-refractivity contribution in [2.24, 2.45) is 0 Å². The molecule has 0 aliphatic rings. The maximum Gasteiger partial charge on any atom is 0.315 e. The van der Waals surface area contributed by atoms with Gasteiger partial charge in [0.15, 0.2) is 0 Å². The van der Waals surface area contributed by atoms with Crippen LogP contribution in [0.25, 0.3) is 0 Å². The molecule has 6 nitrogen and oxygen atoms in total. The summed E-state index contributed by atoms with van der Waals surface area (Å²) in [6.07, 6.45) is 4.59. The van der Waals surface area contributed by atoms with Gasteiger partial charge >= 0.3 is 11.8 Å². The van der Waals surface area contributed by atoms with E-state index < -0.39 is 11.8 Å². The Labute approximate surface area is 109 Å². The van der Waals surface area contributed by atoms with Crippen molar-refractivity contribution in [2.75, 3.05) is 10.6 Å². The summed E-state index contributed by atoms with van der Waals surface area (Å²) in [5.74, 6) is -1.20. The van der Waals surface area contributed by atoms with E-state index in [1.165, 1.54) is 6.20 Å². The van der Waals surface area contributed by atoms with Gasteiger partial charge in [0.1, 0.15) is 5.82 Å². The summed E-state index contributed by atoms with van der Waals surface area (Å²) in [7, 11) is 0. The number of carbonyl (C=O) groups excluding carboxylic acids is 2. The molecule has 2 heterocycles. The van der Waals surface area contributed by atoms with Crippen molar-refractivity contribution >= 4 is 23.3 Å². The zero-order valence-electron chi connectivity index (χ0n) is 10.3. The highest BCUT2D eigenvalue weighted by Crippen LogP contribution is 2.06. The fourth-order valence-corrected chi connectivity index (χ4v) is 1.40. The van der Waals surface area contributed by atoms with E-state index in [9.17, 15) is 9.59 Å². The highest BCUT2D eigenvalue weighted by molar-refractivity contribution is 6.43. The van der Waals surface area contributed by atoms with Gasteiger partial charge in [0.05, 0.1) is 11.9 Å². The smallest absolute Gasteiger partial charge is 0.315 e. The van der Waals surface area contributed by atoms with Crippen molar-refractivity contribution in [3.8, 4) is 0 Å². The van der Waals surface area contributed by atoms with Crippen LogP contribution in [0.15, 0.2) is 42.9 Å². The van der Waals surface area contributed by atoms with Gasteiger partial charge in [-0.05, 0) is 36.8 Å². The molecular formula is C13H12N4O2. The third-order valence-electron chi connectivity index (χ3n) is 2.28. The average Bonchev–Trinajstić information content (AvgIpc) is 2.40. The second kappa shape index (κ2) is 5.72. The first kappa shape index (κ1) is 12.7. The molecule has 0 aliphatic heterocycles. The zero-order valence-corrected chi connectivity index (χ0v) is 10.3. The molecule has 0 saturated heterocycles. The molecule has 2 rings (SSSR count). The first-order chi connectivity index (χ1) is 9.15. The van der Waals surface area contributed by atoms with Gasteiger partial charge in [-0.25, -0.2) is 4.98 Å². The number of anilines is 2. The number of aryl methyl sites for hydroxylation is 1. The van der Waals surface area contributed by atoms with E-state index in [0.29, 0.717) is 11.5 Å². The molecule has 6 heteroatoms. The van der Waals surface area contributed by atoms with Gasteiger partial charge < -0.3 is 10.6 Å². The van der Waals surface area contributed by atoms with Crippen LogP contribution in [0, 0.1) is 6.92 Å². The SMILES string of the molecule is Cc1ccnc(NC(=O)C(=O)Nc2cccnc2)c1. The average molecular weight is 256 g/mol. The van der Waals surface area contributed by atoms with Crippen LogP contribution in [-0.2, 0) is 9.59 Å². The lowest BCUT2D eigenvalue weighted by atomic mass is 10.3. The van der Waals surface area contributed by atoms with Crippen LogP contribution >= 0.6 is 0 Å². The largest absolute Gasteiger partial charge is 0.316 e. The van der Waals surface area contributed by atoms with Crippen LogP contribution in [0.3, 0.4) is 0 Å². The molecule has 0 bridgehead atoms. The number of pyridine rings is 2. The number of nitrogens with one attached hydrogen (secondary N) is 2. The third-order valence-corrected chi connectivity index (χ3v) is 2.28. The van der Waals surface area contributed by atoms with E-state index in [1.807, 2.05) is 6.92 Å². The highest BCUT2D eigenvalue weighted by Gasteiger charge is 2.14. The van der Waals surface area contributed by atoms with Crippen molar-refractivity contribution in [1.29, 1.82) is 0 Å². The van der Waals surface area contributed by atoms with Crippen molar-refractivity contribution in [2.45, 2.75) is 6.92 Å². The molecule has 19 heavy (non-hydrogen) atoms. The minimum atomic E-state index is -0.776. The van der Waals surface area contributed by atoms with Gasteiger partial charge in [0, 0.05) is 12.4 Å². The molecule has 0 aliphatic carbocycles. The molecule has 2 aromatic rings. The molecule has 2 aromatic heterocycles. The lowest BCUT2D eigenvalue weighted by Crippen LogP contribution is -2.29. The lowest BCUT2D eigenvalue weighted by molar-refractivity contribution is -0.133. The number of aromatic nitrogens is 2. The van der Waals surface area contributed by atoms with E-state index in [1.54, 1.807) is 36.7 Å². The van der Waals surface area contributed by atoms with Crippen LogP contribution in [0.4, 0.5) is 11.5 Å². The molecule has 0 atom stereocenters. The second-order valence-electron chi connectivity index (χ2n) is 3.87. The number of carbonyl (C=O) groups is 2. The fraction of sp³-hybridized carbons (Fsp3) is 0.0769. The minimum Gasteiger partial charge on any atom is -0.316 e. The Morgan fingerprint density at radius 3 is 2.58 bits per heavy atom. The summed E-state index contributed by atoms with van der Waals surface area (Å²) < 4.78 is 0. The first-order valence-electron chi connectivity index (χ1n) is 5.60. The van der Waals surface area contributed by atoms with Gasteiger partial charge in [-0.3, -0.25) is 14.6 Å². The molecule has 0 unspecified atom stereocenters. The maximum atomic E-state index is 11.6. The molecule has 0 radical (unpaired) electrons. The van der Waals surface area contributed by atoms with Crippen LogP contribution < -0.4 is 10.6 Å². The Kier molecular flexibility index (Phi) is 3.82. The summed E-state index contributed by atoms with van der Waals surface area (Å²) in [5.41, 5.74) is 1.40. The van der Waals surface area contributed by atoms with Crippen LogP contribution in [-0.4, -0.2) is 21.8 Å². The van der Waals surface area contributed by atoms with Crippen LogP contribution in [0.5, 0.6) is 0 Å². The van der Waals surface area contributed by atoms with Gasteiger partial charge in [-0.1, -0.05) is 0 Å². The van der Waals surface area contributed by atoms with Crippen molar-refractivity contribution in [3.05, 3.63) is 48.4 Å². The van der Waals surface area contributed by atoms with Crippen molar-refractivity contribution in [3.63, 3.8) is 0 Å². The summed E-state index contributed by atoms with van der Waals surface area (Å²) in [6, 6.07) is 6.78. The zero-order chi connectivity index (χ0) is 13.7. The Bertz CT molecular complexity index is 599. The monoisotopic (exact) mass is 256 g/mol. The van der Waals surface area contributed by atoms with Crippen LogP contribution in [0.1, 0.15) is 5.56 Å². The number of rotatable bonds is 2. The summed E-state index contributed by atoms with van der Waals surface area (Å²) in [5, 5.41) is 4.86. The van der Waals surface area contributed by atoms with Gasteiger partial charge in [0.25, 0.3) is 0 Å². The van der Waals surface area contributed by atoms with Gasteiger partial charge in [0.2, 0.25) is 0 Å². The van der Waals surface area contributed by atoms with Gasteiger partial charge in [-0.2, -0.15) is 0 Å². The van der Waals surface area contributed by atoms with E-state index in [2.05, 4.69) is 20.6 Å². The molecule has 0 spiro atoms. The normalized spacial score (nSPS) is 9.74. The van der Waals surface area contributed by atoms with E-state index in [0.717, 1.165) is 5.56 Å². The Morgan fingerprint density at radius 2 is 1.89 bits per heavy atom. The number of hydrogen-bond acceptors (Lipinski definition) is 4. The standard InChI is InChI=1S/C13H12N4O2/c1-9-4-6-15-11(7-9)17-13(19)12(18)16-10-3-2-5-14-8-10/h2-8H,1H3,(H,16,18)(H,15,17,19). The topological polar surface area (TPSA) is 84.0 Å². The summed E-state index contributed by atoms with van der Waals surface area (Å²) in [4.78, 5) is 31.0. The Morgan fingerprint density at radius 1 is 1.11 bits per heavy atom. The van der Waals surface area contributed by atoms with Crippen molar-refractivity contribution in [1.82, 2.24) is 9.97 Å². The minimum absolute atomic E-state index is 0.339. The molecule has 0 aromatic carbocycles.